The molecule has 132 valence electrons. The van der Waals surface area contributed by atoms with E-state index in [1.54, 1.807) is 20.1 Å². The molecule has 2 rings (SSSR count). The first kappa shape index (κ1) is 18.7. The maximum Gasteiger partial charge on any atom is 0.340 e. The second-order valence-electron chi connectivity index (χ2n) is 5.23. The number of rotatable bonds is 6. The number of ether oxygens (including phenoxy) is 2. The number of carbonyl (C=O) groups is 2. The maximum atomic E-state index is 13.0. The van der Waals surface area contributed by atoms with E-state index in [4.69, 9.17) is 21.1 Å². The minimum atomic E-state index is -0.801. The molecule has 0 aliphatic rings. The van der Waals surface area contributed by atoms with Crippen LogP contribution in [0.3, 0.4) is 0 Å². The lowest BCUT2D eigenvalue weighted by Gasteiger charge is -2.17. The summed E-state index contributed by atoms with van der Waals surface area (Å²) in [5.41, 5.74) is 0.792. The van der Waals surface area contributed by atoms with Crippen molar-refractivity contribution in [1.82, 2.24) is 5.32 Å². The van der Waals surface area contributed by atoms with Gasteiger partial charge in [-0.05, 0) is 31.2 Å². The number of esters is 1. The second kappa shape index (κ2) is 8.48. The summed E-state index contributed by atoms with van der Waals surface area (Å²) < 4.78 is 23.1. The van der Waals surface area contributed by atoms with Crippen molar-refractivity contribution >= 4 is 23.5 Å². The van der Waals surface area contributed by atoms with E-state index in [9.17, 15) is 14.0 Å². The molecule has 0 aliphatic carbocycles. The van der Waals surface area contributed by atoms with Gasteiger partial charge in [-0.3, -0.25) is 4.79 Å². The molecule has 0 spiro atoms. The molecule has 1 N–H and O–H groups in total. The minimum absolute atomic E-state index is 0.00589. The van der Waals surface area contributed by atoms with E-state index in [1.807, 2.05) is 18.2 Å². The maximum absolute atomic E-state index is 13.0. The quantitative estimate of drug-likeness (QED) is 0.795. The third kappa shape index (κ3) is 4.93. The number of benzene rings is 2. The van der Waals surface area contributed by atoms with Crippen molar-refractivity contribution in [1.29, 1.82) is 0 Å². The Morgan fingerprint density at radius 2 is 1.96 bits per heavy atom. The standard InChI is InChI=1S/C18H17ClFNO4/c1-11(13-5-3-4-6-16(13)24-2)21-17(22)10-25-18(23)14-8-7-12(20)9-15(14)19/h3-9,11H,10H2,1-2H3,(H,21,22). The molecule has 0 bridgehead atoms. The zero-order valence-electron chi connectivity index (χ0n) is 13.7. The summed E-state index contributed by atoms with van der Waals surface area (Å²) in [5.74, 6) is -1.20. The van der Waals surface area contributed by atoms with Gasteiger partial charge in [0.15, 0.2) is 6.61 Å². The first-order valence-electron chi connectivity index (χ1n) is 7.47. The fourth-order valence-electron chi connectivity index (χ4n) is 2.25. The molecule has 5 nitrogen and oxygen atoms in total. The van der Waals surface area contributed by atoms with Crippen LogP contribution in [-0.2, 0) is 9.53 Å². The molecule has 7 heteroatoms. The Labute approximate surface area is 149 Å². The predicted octanol–water partition coefficient (Wildman–Crippen LogP) is 3.52. The summed E-state index contributed by atoms with van der Waals surface area (Å²) in [5, 5.41) is 2.64. The van der Waals surface area contributed by atoms with Gasteiger partial charge in [0.2, 0.25) is 0 Å². The molecule has 0 saturated carbocycles. The largest absolute Gasteiger partial charge is 0.496 e. The monoisotopic (exact) mass is 365 g/mol. The molecule has 0 radical (unpaired) electrons. The molecule has 0 aliphatic heterocycles. The molecule has 0 fully saturated rings. The molecule has 1 atom stereocenters. The topological polar surface area (TPSA) is 64.6 Å². The van der Waals surface area contributed by atoms with Crippen LogP contribution in [0.1, 0.15) is 28.9 Å². The number of carbonyl (C=O) groups excluding carboxylic acids is 2. The molecule has 0 aromatic heterocycles. The van der Waals surface area contributed by atoms with Crippen molar-refractivity contribution in [2.75, 3.05) is 13.7 Å². The smallest absolute Gasteiger partial charge is 0.340 e. The van der Waals surface area contributed by atoms with Gasteiger partial charge < -0.3 is 14.8 Å². The van der Waals surface area contributed by atoms with Crippen LogP contribution in [0, 0.1) is 5.82 Å². The van der Waals surface area contributed by atoms with Crippen molar-refractivity contribution in [3.8, 4) is 5.75 Å². The fraction of sp³-hybridized carbons (Fsp3) is 0.222. The van der Waals surface area contributed by atoms with E-state index < -0.39 is 24.3 Å². The predicted molar refractivity (Wildman–Crippen MR) is 91.2 cm³/mol. The van der Waals surface area contributed by atoms with E-state index >= 15 is 0 Å². The number of amides is 1. The van der Waals surface area contributed by atoms with Gasteiger partial charge in [0.1, 0.15) is 11.6 Å². The Hall–Kier alpha value is -2.60. The van der Waals surface area contributed by atoms with Gasteiger partial charge in [-0.15, -0.1) is 0 Å². The second-order valence-corrected chi connectivity index (χ2v) is 5.64. The summed E-state index contributed by atoms with van der Waals surface area (Å²) in [4.78, 5) is 23.9. The SMILES string of the molecule is COc1ccccc1C(C)NC(=O)COC(=O)c1ccc(F)cc1Cl. The Kier molecular flexibility index (Phi) is 6.36. The van der Waals surface area contributed by atoms with Crippen LogP contribution in [0.4, 0.5) is 4.39 Å². The lowest BCUT2D eigenvalue weighted by molar-refractivity contribution is -0.124. The highest BCUT2D eigenvalue weighted by atomic mass is 35.5. The van der Waals surface area contributed by atoms with Gasteiger partial charge in [0.05, 0.1) is 23.7 Å². The Balaban J connectivity index is 1.93. The van der Waals surface area contributed by atoms with Crippen molar-refractivity contribution in [2.24, 2.45) is 0 Å². The van der Waals surface area contributed by atoms with Gasteiger partial charge in [-0.1, -0.05) is 29.8 Å². The number of halogens is 2. The van der Waals surface area contributed by atoms with Crippen molar-refractivity contribution < 1.29 is 23.5 Å². The lowest BCUT2D eigenvalue weighted by atomic mass is 10.1. The summed E-state index contributed by atoms with van der Waals surface area (Å²) in [6.45, 7) is 1.31. The number of hydrogen-bond donors (Lipinski definition) is 1. The van der Waals surface area contributed by atoms with Crippen molar-refractivity contribution in [2.45, 2.75) is 13.0 Å². The van der Waals surface area contributed by atoms with Crippen LogP contribution >= 0.6 is 11.6 Å². The van der Waals surface area contributed by atoms with Crippen LogP contribution in [0.2, 0.25) is 5.02 Å². The Morgan fingerprint density at radius 3 is 2.64 bits per heavy atom. The molecule has 0 saturated heterocycles. The van der Waals surface area contributed by atoms with E-state index in [0.717, 1.165) is 17.7 Å². The highest BCUT2D eigenvalue weighted by molar-refractivity contribution is 6.33. The summed E-state index contributed by atoms with van der Waals surface area (Å²) in [7, 11) is 1.54. The van der Waals surface area contributed by atoms with Crippen molar-refractivity contribution in [3.63, 3.8) is 0 Å². The van der Waals surface area contributed by atoms with Crippen LogP contribution in [0.5, 0.6) is 5.75 Å². The first-order chi connectivity index (χ1) is 11.9. The Morgan fingerprint density at radius 1 is 1.24 bits per heavy atom. The first-order valence-corrected chi connectivity index (χ1v) is 7.84. The molecular formula is C18H17ClFNO4. The van der Waals surface area contributed by atoms with Crippen molar-refractivity contribution in [3.05, 3.63) is 64.4 Å². The highest BCUT2D eigenvalue weighted by Gasteiger charge is 2.17. The van der Waals surface area contributed by atoms with E-state index in [1.165, 1.54) is 6.07 Å². The number of methoxy groups -OCH3 is 1. The third-order valence-corrected chi connectivity index (χ3v) is 3.78. The van der Waals surface area contributed by atoms with Gasteiger partial charge in [-0.25, -0.2) is 9.18 Å². The van der Waals surface area contributed by atoms with E-state index in [2.05, 4.69) is 5.32 Å². The molecule has 1 amide bonds. The third-order valence-electron chi connectivity index (χ3n) is 3.47. The van der Waals surface area contributed by atoms with Gasteiger partial charge in [0.25, 0.3) is 5.91 Å². The minimum Gasteiger partial charge on any atom is -0.496 e. The molecule has 2 aromatic rings. The summed E-state index contributed by atoms with van der Waals surface area (Å²) >= 11 is 5.78. The molecule has 1 unspecified atom stereocenters. The molecule has 0 heterocycles. The molecule has 25 heavy (non-hydrogen) atoms. The average molecular weight is 366 g/mol. The van der Waals surface area contributed by atoms with Crippen LogP contribution in [-0.4, -0.2) is 25.6 Å². The average Bonchev–Trinajstić information content (AvgIpc) is 2.59. The van der Waals surface area contributed by atoms with Crippen LogP contribution in [0.15, 0.2) is 42.5 Å². The van der Waals surface area contributed by atoms with Gasteiger partial charge in [0, 0.05) is 5.56 Å². The normalized spacial score (nSPS) is 11.5. The molecular weight excluding hydrogens is 349 g/mol. The number of nitrogens with one attached hydrogen (secondary N) is 1. The van der Waals surface area contributed by atoms with Gasteiger partial charge in [-0.2, -0.15) is 0 Å². The van der Waals surface area contributed by atoms with Crippen LogP contribution < -0.4 is 10.1 Å². The summed E-state index contributed by atoms with van der Waals surface area (Å²) in [6, 6.07) is 10.2. The number of hydrogen-bond acceptors (Lipinski definition) is 4. The van der Waals surface area contributed by atoms with E-state index in [-0.39, 0.29) is 16.6 Å². The Bertz CT molecular complexity index is 781. The fourth-order valence-corrected chi connectivity index (χ4v) is 2.49. The number of para-hydroxylation sites is 1. The lowest BCUT2D eigenvalue weighted by Crippen LogP contribution is -2.31. The zero-order valence-corrected chi connectivity index (χ0v) is 14.5. The van der Waals surface area contributed by atoms with Gasteiger partial charge >= 0.3 is 5.97 Å². The highest BCUT2D eigenvalue weighted by Crippen LogP contribution is 2.24. The van der Waals surface area contributed by atoms with E-state index in [0.29, 0.717) is 5.75 Å². The molecule has 2 aromatic carbocycles. The zero-order chi connectivity index (χ0) is 18.4. The van der Waals surface area contributed by atoms with Crippen LogP contribution in [0.25, 0.3) is 0 Å². The summed E-state index contributed by atoms with van der Waals surface area (Å²) in [6.07, 6.45) is 0.